The Labute approximate surface area is 162 Å². The van der Waals surface area contributed by atoms with Crippen molar-refractivity contribution in [2.45, 2.75) is 18.5 Å². The van der Waals surface area contributed by atoms with E-state index in [0.29, 0.717) is 25.2 Å². The molecule has 0 radical (unpaired) electrons. The van der Waals surface area contributed by atoms with Crippen molar-refractivity contribution in [3.05, 3.63) is 47.9 Å². The van der Waals surface area contributed by atoms with Crippen LogP contribution in [0, 0.1) is 0 Å². The molecule has 1 fully saturated rings. The minimum Gasteiger partial charge on any atom is -0.394 e. The van der Waals surface area contributed by atoms with Crippen molar-refractivity contribution < 1.29 is 9.90 Å². The highest BCUT2D eigenvalue weighted by molar-refractivity contribution is 5.82. The van der Waals surface area contributed by atoms with Gasteiger partial charge in [-0.1, -0.05) is 23.4 Å². The van der Waals surface area contributed by atoms with Gasteiger partial charge in [0.1, 0.15) is 11.7 Å². The predicted octanol–water partition coefficient (Wildman–Crippen LogP) is -0.0329. The van der Waals surface area contributed by atoms with Crippen LogP contribution >= 0.6 is 0 Å². The molecule has 0 saturated carbocycles. The van der Waals surface area contributed by atoms with E-state index in [1.54, 1.807) is 10.9 Å². The fraction of sp³-hybridized carbons (Fsp3) is 0.421. The molecule has 0 spiro atoms. The summed E-state index contributed by atoms with van der Waals surface area (Å²) in [5.41, 5.74) is 8.32. The molecule has 148 valence electrons. The molecule has 28 heavy (non-hydrogen) atoms. The Balaban J connectivity index is 1.64. The molecule has 1 aromatic carbocycles. The van der Waals surface area contributed by atoms with E-state index in [0.717, 1.165) is 29.7 Å². The largest absolute Gasteiger partial charge is 0.394 e. The molecule has 0 unspecified atom stereocenters. The lowest BCUT2D eigenvalue weighted by Crippen LogP contribution is -2.49. The zero-order valence-corrected chi connectivity index (χ0v) is 15.6. The summed E-state index contributed by atoms with van der Waals surface area (Å²) < 4.78 is 1.57. The molecule has 9 nitrogen and oxygen atoms in total. The third kappa shape index (κ3) is 3.77. The number of H-pyrrole nitrogens is 1. The summed E-state index contributed by atoms with van der Waals surface area (Å²) in [4.78, 5) is 18.5. The molecule has 1 amide bonds. The van der Waals surface area contributed by atoms with Crippen LogP contribution in [0.4, 0.5) is 0 Å². The van der Waals surface area contributed by atoms with E-state index in [2.05, 4.69) is 26.7 Å². The van der Waals surface area contributed by atoms with E-state index in [9.17, 15) is 9.90 Å². The number of fused-ring (bicyclic) bond motifs is 1. The monoisotopic (exact) mass is 383 g/mol. The van der Waals surface area contributed by atoms with Gasteiger partial charge in [-0.2, -0.15) is 0 Å². The minimum atomic E-state index is -0.614. The maximum absolute atomic E-state index is 13.3. The Morgan fingerprint density at radius 1 is 1.29 bits per heavy atom. The first-order valence-electron chi connectivity index (χ1n) is 9.50. The number of carbonyl (C=O) groups excluding carboxylic acids is 1. The van der Waals surface area contributed by atoms with Crippen LogP contribution in [0.2, 0.25) is 0 Å². The quantitative estimate of drug-likeness (QED) is 0.474. The zero-order valence-electron chi connectivity index (χ0n) is 15.6. The Bertz CT molecular complexity index is 912. The fourth-order valence-corrected chi connectivity index (χ4v) is 3.55. The van der Waals surface area contributed by atoms with Crippen LogP contribution in [0.1, 0.15) is 23.5 Å². The number of piperazine rings is 1. The third-order valence-corrected chi connectivity index (χ3v) is 5.14. The van der Waals surface area contributed by atoms with Crippen LogP contribution in [0.15, 0.2) is 36.5 Å². The van der Waals surface area contributed by atoms with Crippen LogP contribution in [-0.4, -0.2) is 68.7 Å². The fourth-order valence-electron chi connectivity index (χ4n) is 3.55. The number of carbonyl (C=O) groups is 1. The number of nitrogens with two attached hydrogens (primary N) is 1. The van der Waals surface area contributed by atoms with Gasteiger partial charge in [-0.3, -0.25) is 4.79 Å². The maximum atomic E-state index is 13.3. The molecular weight excluding hydrogens is 358 g/mol. The SMILES string of the molecule is N[C@@H](CO)c1cn([C@H](Cc2cc3ccccc3[nH]2)C(=O)N2CCNCC2)nn1. The number of nitrogens with one attached hydrogen (secondary N) is 2. The molecule has 1 aliphatic rings. The molecule has 3 heterocycles. The van der Waals surface area contributed by atoms with Crippen molar-refractivity contribution in [3.63, 3.8) is 0 Å². The van der Waals surface area contributed by atoms with Crippen LogP contribution in [0.5, 0.6) is 0 Å². The summed E-state index contributed by atoms with van der Waals surface area (Å²) >= 11 is 0. The van der Waals surface area contributed by atoms with Gasteiger partial charge in [-0.25, -0.2) is 4.68 Å². The molecule has 0 bridgehead atoms. The molecule has 9 heteroatoms. The van der Waals surface area contributed by atoms with E-state index in [-0.39, 0.29) is 12.5 Å². The normalized spacial score (nSPS) is 17.0. The van der Waals surface area contributed by atoms with Crippen molar-refractivity contribution in [2.75, 3.05) is 32.8 Å². The van der Waals surface area contributed by atoms with E-state index in [1.807, 2.05) is 29.2 Å². The number of para-hydroxylation sites is 1. The first-order chi connectivity index (χ1) is 13.7. The van der Waals surface area contributed by atoms with Gasteiger partial charge in [-0.15, -0.1) is 5.10 Å². The summed E-state index contributed by atoms with van der Waals surface area (Å²) in [7, 11) is 0. The van der Waals surface area contributed by atoms with Crippen molar-refractivity contribution >= 4 is 16.8 Å². The zero-order chi connectivity index (χ0) is 19.5. The van der Waals surface area contributed by atoms with Crippen molar-refractivity contribution in [1.82, 2.24) is 30.2 Å². The van der Waals surface area contributed by atoms with Gasteiger partial charge in [0.05, 0.1) is 18.8 Å². The number of rotatable bonds is 6. The second-order valence-corrected chi connectivity index (χ2v) is 7.09. The molecule has 4 rings (SSSR count). The molecular formula is C19H25N7O2. The van der Waals surface area contributed by atoms with Crippen molar-refractivity contribution in [3.8, 4) is 0 Å². The molecule has 3 aromatic rings. The number of aliphatic hydroxyl groups excluding tert-OH is 1. The number of aromatic nitrogens is 4. The third-order valence-electron chi connectivity index (χ3n) is 5.14. The first-order valence-corrected chi connectivity index (χ1v) is 9.50. The summed E-state index contributed by atoms with van der Waals surface area (Å²) in [5, 5.41) is 21.8. The molecule has 2 atom stereocenters. The van der Waals surface area contributed by atoms with Crippen LogP contribution < -0.4 is 11.1 Å². The van der Waals surface area contributed by atoms with E-state index in [4.69, 9.17) is 5.73 Å². The van der Waals surface area contributed by atoms with E-state index >= 15 is 0 Å². The second-order valence-electron chi connectivity index (χ2n) is 7.09. The Kier molecular flexibility index (Phi) is 5.38. The molecule has 0 aliphatic carbocycles. The van der Waals surface area contributed by atoms with Crippen LogP contribution in [-0.2, 0) is 11.2 Å². The van der Waals surface area contributed by atoms with Crippen LogP contribution in [0.25, 0.3) is 10.9 Å². The lowest BCUT2D eigenvalue weighted by Gasteiger charge is -2.30. The number of amides is 1. The van der Waals surface area contributed by atoms with Crippen molar-refractivity contribution in [2.24, 2.45) is 5.73 Å². The number of nitrogens with zero attached hydrogens (tertiary/aromatic N) is 4. The molecule has 5 N–H and O–H groups in total. The predicted molar refractivity (Wildman–Crippen MR) is 105 cm³/mol. The van der Waals surface area contributed by atoms with Gasteiger partial charge < -0.3 is 26.0 Å². The highest BCUT2D eigenvalue weighted by Crippen LogP contribution is 2.22. The summed E-state index contributed by atoms with van der Waals surface area (Å²) in [5.74, 6) is 0.00850. The average molecular weight is 383 g/mol. The molecule has 1 aliphatic heterocycles. The summed E-state index contributed by atoms with van der Waals surface area (Å²) in [6, 6.07) is 8.94. The van der Waals surface area contributed by atoms with Gasteiger partial charge >= 0.3 is 0 Å². The maximum Gasteiger partial charge on any atom is 0.247 e. The number of hydrogen-bond acceptors (Lipinski definition) is 6. The van der Waals surface area contributed by atoms with Gasteiger partial charge in [0.15, 0.2) is 0 Å². The topological polar surface area (TPSA) is 125 Å². The van der Waals surface area contributed by atoms with Crippen LogP contribution in [0.3, 0.4) is 0 Å². The minimum absolute atomic E-state index is 0.00850. The smallest absolute Gasteiger partial charge is 0.247 e. The van der Waals surface area contributed by atoms with E-state index in [1.165, 1.54) is 0 Å². The number of aliphatic hydroxyl groups is 1. The Morgan fingerprint density at radius 2 is 2.07 bits per heavy atom. The standard InChI is InChI=1S/C19H25N7O2/c20-15(12-27)17-11-26(24-23-17)18(19(28)25-7-5-21-6-8-25)10-14-9-13-3-1-2-4-16(13)22-14/h1-4,9,11,15,18,21-22,27H,5-8,10,12,20H2/t15-,18+/m0/s1. The van der Waals surface area contributed by atoms with Gasteiger partial charge in [0, 0.05) is 43.8 Å². The second kappa shape index (κ2) is 8.09. The number of hydrogen-bond donors (Lipinski definition) is 4. The van der Waals surface area contributed by atoms with Crippen molar-refractivity contribution in [1.29, 1.82) is 0 Å². The number of aromatic amines is 1. The first kappa shape index (κ1) is 18.6. The van der Waals surface area contributed by atoms with E-state index < -0.39 is 12.1 Å². The van der Waals surface area contributed by atoms with Gasteiger partial charge in [0.25, 0.3) is 0 Å². The highest BCUT2D eigenvalue weighted by Gasteiger charge is 2.29. The lowest BCUT2D eigenvalue weighted by molar-refractivity contribution is -0.135. The lowest BCUT2D eigenvalue weighted by atomic mass is 10.1. The van der Waals surface area contributed by atoms with Gasteiger partial charge in [-0.05, 0) is 17.5 Å². The summed E-state index contributed by atoms with van der Waals surface area (Å²) in [6.45, 7) is 2.67. The molecule has 2 aromatic heterocycles. The molecule has 1 saturated heterocycles. The highest BCUT2D eigenvalue weighted by atomic mass is 16.3. The average Bonchev–Trinajstić information content (AvgIpc) is 3.38. The number of benzene rings is 1. The Hall–Kier alpha value is -2.75. The van der Waals surface area contributed by atoms with Gasteiger partial charge in [0.2, 0.25) is 5.91 Å². The summed E-state index contributed by atoms with van der Waals surface area (Å²) in [6.07, 6.45) is 2.13. The Morgan fingerprint density at radius 3 is 2.82 bits per heavy atom.